The smallest absolute Gasteiger partial charge is 0.221 e. The van der Waals surface area contributed by atoms with Gasteiger partial charge in [0.25, 0.3) is 0 Å². The van der Waals surface area contributed by atoms with E-state index in [1.165, 1.54) is 6.42 Å². The first kappa shape index (κ1) is 26.8. The summed E-state index contributed by atoms with van der Waals surface area (Å²) in [4.78, 5) is 0. The van der Waals surface area contributed by atoms with Crippen LogP contribution in [-0.2, 0) is 18.9 Å². The minimum atomic E-state index is -1.80. The molecule has 0 aliphatic carbocycles. The molecule has 0 bridgehead atoms. The Balaban J connectivity index is 1.86. The van der Waals surface area contributed by atoms with E-state index in [-0.39, 0.29) is 13.2 Å². The van der Waals surface area contributed by atoms with Gasteiger partial charge < -0.3 is 54.7 Å². The lowest BCUT2D eigenvalue weighted by molar-refractivity contribution is -0.313. The van der Waals surface area contributed by atoms with Crippen molar-refractivity contribution >= 4 is 0 Å². The average molecular weight is 455 g/mol. The quantitative estimate of drug-likeness (QED) is 0.153. The molecule has 31 heavy (non-hydrogen) atoms. The molecule has 2 saturated heterocycles. The van der Waals surface area contributed by atoms with Crippen LogP contribution >= 0.6 is 0 Å². The van der Waals surface area contributed by atoms with Crippen LogP contribution in [0.2, 0.25) is 0 Å². The second-order valence-corrected chi connectivity index (χ2v) is 8.21. The van der Waals surface area contributed by atoms with Crippen molar-refractivity contribution in [2.24, 2.45) is 0 Å². The van der Waals surface area contributed by atoms with Crippen LogP contribution in [-0.4, -0.2) is 117 Å². The van der Waals surface area contributed by atoms with Crippen LogP contribution in [0, 0.1) is 0 Å². The molecule has 2 rings (SSSR count). The standard InChI is InChI=1S/C20H38O11/c1-2-3-4-5-6-7-8-29-20(11-22)18(27)15(24)13(31-20)10-28-19-17(26)16(25)14(23)12(9-21)30-19/h12-19,21-27H,2-11H2,1H3/t12-,13-,14-,15-,16+,17-,18+,19+,20+/m1/s1. The van der Waals surface area contributed by atoms with E-state index in [4.69, 9.17) is 18.9 Å². The van der Waals surface area contributed by atoms with Crippen LogP contribution in [0.1, 0.15) is 45.4 Å². The molecule has 0 aromatic carbocycles. The van der Waals surface area contributed by atoms with E-state index in [2.05, 4.69) is 6.92 Å². The van der Waals surface area contributed by atoms with Crippen LogP contribution < -0.4 is 0 Å². The number of aliphatic hydroxyl groups is 7. The lowest BCUT2D eigenvalue weighted by Crippen LogP contribution is -2.59. The first-order chi connectivity index (χ1) is 14.8. The molecule has 2 aliphatic rings. The molecule has 7 N–H and O–H groups in total. The van der Waals surface area contributed by atoms with E-state index < -0.39 is 68.0 Å². The van der Waals surface area contributed by atoms with Gasteiger partial charge in [-0.25, -0.2) is 0 Å². The van der Waals surface area contributed by atoms with Gasteiger partial charge in [0.1, 0.15) is 49.3 Å². The lowest BCUT2D eigenvalue weighted by atomic mass is 9.99. The average Bonchev–Trinajstić information content (AvgIpc) is 3.01. The van der Waals surface area contributed by atoms with Gasteiger partial charge in [-0.15, -0.1) is 0 Å². The topological polar surface area (TPSA) is 179 Å². The summed E-state index contributed by atoms with van der Waals surface area (Å²) in [6.07, 6.45) is -5.19. The maximum absolute atomic E-state index is 10.4. The molecule has 0 aromatic heterocycles. The van der Waals surface area contributed by atoms with E-state index >= 15 is 0 Å². The lowest BCUT2D eigenvalue weighted by Gasteiger charge is -2.39. The van der Waals surface area contributed by atoms with Crippen LogP contribution in [0.5, 0.6) is 0 Å². The van der Waals surface area contributed by atoms with Crippen LogP contribution in [0.4, 0.5) is 0 Å². The molecule has 9 atom stereocenters. The summed E-state index contributed by atoms with van der Waals surface area (Å²) < 4.78 is 21.8. The number of aliphatic hydroxyl groups excluding tert-OH is 7. The van der Waals surface area contributed by atoms with Gasteiger partial charge in [-0.05, 0) is 6.42 Å². The highest BCUT2D eigenvalue weighted by atomic mass is 16.8. The normalized spacial score (nSPS) is 41.0. The summed E-state index contributed by atoms with van der Waals surface area (Å²) in [5.74, 6) is -1.80. The van der Waals surface area contributed by atoms with Gasteiger partial charge in [-0.2, -0.15) is 0 Å². The summed E-state index contributed by atoms with van der Waals surface area (Å²) in [6, 6.07) is 0. The zero-order valence-electron chi connectivity index (χ0n) is 18.0. The SMILES string of the molecule is CCCCCCCCO[C@@]1(CO)O[C@H](CO[C@H]2O[C@H](CO)[C@@H](O)[C@H](O)[C@H]2O)[C@@H](O)[C@@H]1O. The number of rotatable bonds is 13. The molecule has 11 nitrogen and oxygen atoms in total. The number of hydrogen-bond acceptors (Lipinski definition) is 11. The van der Waals surface area contributed by atoms with Gasteiger partial charge in [0.2, 0.25) is 5.79 Å². The van der Waals surface area contributed by atoms with Crippen molar-refractivity contribution in [2.45, 2.75) is 100 Å². The third kappa shape index (κ3) is 6.55. The summed E-state index contributed by atoms with van der Waals surface area (Å²) in [7, 11) is 0. The summed E-state index contributed by atoms with van der Waals surface area (Å²) in [5.41, 5.74) is 0. The minimum Gasteiger partial charge on any atom is -0.394 e. The molecule has 0 radical (unpaired) electrons. The molecule has 0 saturated carbocycles. The van der Waals surface area contributed by atoms with Crippen molar-refractivity contribution in [1.82, 2.24) is 0 Å². The van der Waals surface area contributed by atoms with Gasteiger partial charge in [0.05, 0.1) is 19.8 Å². The van der Waals surface area contributed by atoms with Gasteiger partial charge in [-0.1, -0.05) is 39.0 Å². The minimum absolute atomic E-state index is 0.233. The van der Waals surface area contributed by atoms with Crippen LogP contribution in [0.3, 0.4) is 0 Å². The van der Waals surface area contributed by atoms with Crippen LogP contribution in [0.25, 0.3) is 0 Å². The Morgan fingerprint density at radius 3 is 2.13 bits per heavy atom. The predicted molar refractivity (Wildman–Crippen MR) is 106 cm³/mol. The van der Waals surface area contributed by atoms with Gasteiger partial charge in [-0.3, -0.25) is 0 Å². The van der Waals surface area contributed by atoms with E-state index in [9.17, 15) is 35.7 Å². The van der Waals surface area contributed by atoms with Crippen molar-refractivity contribution in [3.8, 4) is 0 Å². The molecule has 2 heterocycles. The Bertz CT molecular complexity index is 508. The first-order valence-electron chi connectivity index (χ1n) is 11.0. The largest absolute Gasteiger partial charge is 0.394 e. The molecule has 0 unspecified atom stereocenters. The Labute approximate surface area is 182 Å². The molecule has 184 valence electrons. The maximum atomic E-state index is 10.4. The molecule has 2 fully saturated rings. The summed E-state index contributed by atoms with van der Waals surface area (Å²) in [6.45, 7) is 0.708. The van der Waals surface area contributed by atoms with Crippen molar-refractivity contribution in [2.75, 3.05) is 26.4 Å². The molecule has 2 aliphatic heterocycles. The Morgan fingerprint density at radius 2 is 1.48 bits per heavy atom. The second-order valence-electron chi connectivity index (χ2n) is 8.21. The van der Waals surface area contributed by atoms with Crippen molar-refractivity contribution < 1.29 is 54.7 Å². The molecule has 0 aromatic rings. The second kappa shape index (κ2) is 12.7. The summed E-state index contributed by atoms with van der Waals surface area (Å²) >= 11 is 0. The van der Waals surface area contributed by atoms with E-state index in [1.54, 1.807) is 0 Å². The Hall–Kier alpha value is -0.440. The first-order valence-corrected chi connectivity index (χ1v) is 11.0. The number of hydrogen-bond donors (Lipinski definition) is 7. The van der Waals surface area contributed by atoms with Crippen molar-refractivity contribution in [3.63, 3.8) is 0 Å². The number of unbranched alkanes of at least 4 members (excludes halogenated alkanes) is 5. The van der Waals surface area contributed by atoms with E-state index in [1.807, 2.05) is 0 Å². The third-order valence-corrected chi connectivity index (χ3v) is 5.84. The van der Waals surface area contributed by atoms with Crippen molar-refractivity contribution in [1.29, 1.82) is 0 Å². The molecule has 0 spiro atoms. The summed E-state index contributed by atoms with van der Waals surface area (Å²) in [5, 5.41) is 69.4. The zero-order chi connectivity index (χ0) is 23.0. The van der Waals surface area contributed by atoms with E-state index in [0.717, 1.165) is 25.7 Å². The van der Waals surface area contributed by atoms with Gasteiger partial charge in [0, 0.05) is 0 Å². The third-order valence-electron chi connectivity index (χ3n) is 5.84. The molecule has 0 amide bonds. The maximum Gasteiger partial charge on any atom is 0.221 e. The Morgan fingerprint density at radius 1 is 0.806 bits per heavy atom. The molecular weight excluding hydrogens is 416 g/mol. The monoisotopic (exact) mass is 454 g/mol. The Kier molecular flexibility index (Phi) is 11.0. The zero-order valence-corrected chi connectivity index (χ0v) is 18.0. The number of ether oxygens (including phenoxy) is 4. The fourth-order valence-corrected chi connectivity index (χ4v) is 3.81. The molecular formula is C20H38O11. The highest BCUT2D eigenvalue weighted by Crippen LogP contribution is 2.33. The van der Waals surface area contributed by atoms with E-state index in [0.29, 0.717) is 6.42 Å². The highest BCUT2D eigenvalue weighted by molar-refractivity contribution is 4.97. The van der Waals surface area contributed by atoms with Gasteiger partial charge in [0.15, 0.2) is 6.29 Å². The fourth-order valence-electron chi connectivity index (χ4n) is 3.81. The molecule has 11 heteroatoms. The fraction of sp³-hybridized carbons (Fsp3) is 1.00. The van der Waals surface area contributed by atoms with Crippen LogP contribution in [0.15, 0.2) is 0 Å². The highest BCUT2D eigenvalue weighted by Gasteiger charge is 2.55. The van der Waals surface area contributed by atoms with Gasteiger partial charge >= 0.3 is 0 Å². The predicted octanol–water partition coefficient (Wildman–Crippen LogP) is -2.01. The van der Waals surface area contributed by atoms with Crippen molar-refractivity contribution in [3.05, 3.63) is 0 Å².